The van der Waals surface area contributed by atoms with Gasteiger partial charge in [-0.2, -0.15) is 5.10 Å². The average molecular weight is 465 g/mol. The van der Waals surface area contributed by atoms with Crippen molar-refractivity contribution in [3.63, 3.8) is 0 Å². The lowest BCUT2D eigenvalue weighted by atomic mass is 9.90. The molecular formula is C25H32N6OS. The summed E-state index contributed by atoms with van der Waals surface area (Å²) in [5.41, 5.74) is 10.6. The number of nitrogens with zero attached hydrogens (tertiary/aromatic N) is 4. The summed E-state index contributed by atoms with van der Waals surface area (Å²) in [6.45, 7) is 2.84. The van der Waals surface area contributed by atoms with E-state index in [1.807, 2.05) is 4.52 Å². The van der Waals surface area contributed by atoms with Gasteiger partial charge in [0.15, 0.2) is 5.82 Å². The van der Waals surface area contributed by atoms with Gasteiger partial charge in [-0.25, -0.2) is 9.50 Å². The molecule has 0 saturated heterocycles. The van der Waals surface area contributed by atoms with Crippen molar-refractivity contribution in [2.45, 2.75) is 51.2 Å². The Morgan fingerprint density at radius 3 is 2.70 bits per heavy atom. The molecule has 174 valence electrons. The van der Waals surface area contributed by atoms with E-state index in [1.54, 1.807) is 18.4 Å². The number of nitrogen functional groups attached to an aromatic ring is 1. The Kier molecular flexibility index (Phi) is 5.99. The first kappa shape index (κ1) is 22.1. The van der Waals surface area contributed by atoms with Crippen LogP contribution in [0.2, 0.25) is 0 Å². The number of nitrogens with two attached hydrogens (primary N) is 1. The fraction of sp³-hybridized carbons (Fsp3) is 0.440. The third-order valence-electron chi connectivity index (χ3n) is 6.87. The van der Waals surface area contributed by atoms with E-state index in [0.717, 1.165) is 38.6 Å². The Labute approximate surface area is 198 Å². The van der Waals surface area contributed by atoms with Gasteiger partial charge >= 0.3 is 0 Å². The molecule has 1 saturated carbocycles. The first-order valence-corrected chi connectivity index (χ1v) is 12.4. The van der Waals surface area contributed by atoms with Crippen molar-refractivity contribution in [2.75, 3.05) is 26.9 Å². The molecule has 0 spiro atoms. The van der Waals surface area contributed by atoms with Crippen molar-refractivity contribution in [1.29, 1.82) is 0 Å². The van der Waals surface area contributed by atoms with Crippen LogP contribution in [0.25, 0.3) is 26.0 Å². The summed E-state index contributed by atoms with van der Waals surface area (Å²) < 4.78 is 8.74. The molecule has 0 aliphatic heterocycles. The van der Waals surface area contributed by atoms with Crippen LogP contribution >= 0.6 is 11.3 Å². The highest BCUT2D eigenvalue weighted by Crippen LogP contribution is 2.42. The Balaban J connectivity index is 1.47. The van der Waals surface area contributed by atoms with E-state index in [4.69, 9.17) is 10.5 Å². The highest BCUT2D eigenvalue weighted by Gasteiger charge is 2.23. The maximum Gasteiger partial charge on any atom is 0.152 e. The molecule has 1 aliphatic carbocycles. The lowest BCUT2D eigenvalue weighted by molar-refractivity contribution is 0.204. The molecular weight excluding hydrogens is 432 g/mol. The van der Waals surface area contributed by atoms with Crippen LogP contribution in [0.15, 0.2) is 30.6 Å². The number of benzene rings is 1. The number of anilines is 1. The van der Waals surface area contributed by atoms with Crippen molar-refractivity contribution < 1.29 is 4.74 Å². The number of thiophene rings is 1. The number of methoxy groups -OCH3 is 1. The van der Waals surface area contributed by atoms with Crippen LogP contribution in [0, 0.1) is 6.92 Å². The molecule has 5 rings (SSSR count). The van der Waals surface area contributed by atoms with Crippen molar-refractivity contribution >= 4 is 32.8 Å². The van der Waals surface area contributed by atoms with E-state index in [9.17, 15) is 0 Å². The quantitative estimate of drug-likeness (QED) is 0.438. The molecule has 4 aromatic rings. The van der Waals surface area contributed by atoms with Crippen LogP contribution in [-0.2, 0) is 6.54 Å². The van der Waals surface area contributed by atoms with Crippen LogP contribution in [0.4, 0.5) is 5.82 Å². The first-order chi connectivity index (χ1) is 15.9. The molecule has 3 N–H and O–H groups in total. The molecule has 1 aliphatic rings. The smallest absolute Gasteiger partial charge is 0.152 e. The van der Waals surface area contributed by atoms with Gasteiger partial charge < -0.3 is 20.7 Å². The maximum atomic E-state index is 6.35. The van der Waals surface area contributed by atoms with Crippen molar-refractivity contribution in [1.82, 2.24) is 24.8 Å². The number of aryl methyl sites for hydroxylation is 1. The Morgan fingerprint density at radius 2 is 1.97 bits per heavy atom. The summed E-state index contributed by atoms with van der Waals surface area (Å²) in [6, 6.07) is 9.94. The second-order valence-corrected chi connectivity index (χ2v) is 10.4. The van der Waals surface area contributed by atoms with Gasteiger partial charge in [-0.3, -0.25) is 0 Å². The predicted molar refractivity (Wildman–Crippen MR) is 136 cm³/mol. The van der Waals surface area contributed by atoms with Gasteiger partial charge in [-0.05, 0) is 75.9 Å². The van der Waals surface area contributed by atoms with Gasteiger partial charge in [-0.15, -0.1) is 11.3 Å². The number of ether oxygens (including phenoxy) is 1. The Bertz CT molecular complexity index is 1290. The SMILES string of the molecule is COc1cc(C)cc2cc(-c3cc(CNC4CCC(N(C)C)CC4)n4ncnc(N)c34)sc12. The van der Waals surface area contributed by atoms with Crippen LogP contribution < -0.4 is 15.8 Å². The number of hydrogen-bond donors (Lipinski definition) is 2. The second kappa shape index (κ2) is 8.93. The summed E-state index contributed by atoms with van der Waals surface area (Å²) in [7, 11) is 6.09. The molecule has 7 nitrogen and oxygen atoms in total. The van der Waals surface area contributed by atoms with E-state index in [2.05, 4.69) is 65.6 Å². The Morgan fingerprint density at radius 1 is 1.18 bits per heavy atom. The molecule has 3 aromatic heterocycles. The second-order valence-electron chi connectivity index (χ2n) is 9.30. The van der Waals surface area contributed by atoms with Gasteiger partial charge in [0, 0.05) is 29.1 Å². The minimum Gasteiger partial charge on any atom is -0.495 e. The van der Waals surface area contributed by atoms with Crippen LogP contribution in [0.3, 0.4) is 0 Å². The third kappa shape index (κ3) is 4.18. The van der Waals surface area contributed by atoms with E-state index in [0.29, 0.717) is 17.9 Å². The van der Waals surface area contributed by atoms with Crippen molar-refractivity contribution in [3.05, 3.63) is 41.9 Å². The van der Waals surface area contributed by atoms with E-state index < -0.39 is 0 Å². The largest absolute Gasteiger partial charge is 0.495 e. The molecule has 8 heteroatoms. The van der Waals surface area contributed by atoms with Crippen LogP contribution in [-0.4, -0.2) is 52.8 Å². The zero-order chi connectivity index (χ0) is 23.1. The molecule has 0 bridgehead atoms. The van der Waals surface area contributed by atoms with E-state index in [-0.39, 0.29) is 0 Å². The van der Waals surface area contributed by atoms with Gasteiger partial charge in [0.05, 0.1) is 17.5 Å². The fourth-order valence-electron chi connectivity index (χ4n) is 5.04. The molecule has 0 unspecified atom stereocenters. The number of hydrogen-bond acceptors (Lipinski definition) is 7. The fourth-order valence-corrected chi connectivity index (χ4v) is 6.19. The van der Waals surface area contributed by atoms with Crippen molar-refractivity contribution in [2.24, 2.45) is 0 Å². The highest BCUT2D eigenvalue weighted by atomic mass is 32.1. The molecule has 0 radical (unpaired) electrons. The van der Waals surface area contributed by atoms with Crippen LogP contribution in [0.5, 0.6) is 5.75 Å². The molecule has 0 amide bonds. The Hall–Kier alpha value is -2.68. The lowest BCUT2D eigenvalue weighted by Gasteiger charge is -2.33. The molecule has 0 atom stereocenters. The summed E-state index contributed by atoms with van der Waals surface area (Å²) in [5, 5.41) is 9.50. The molecule has 3 heterocycles. The predicted octanol–water partition coefficient (Wildman–Crippen LogP) is 4.47. The zero-order valence-corrected chi connectivity index (χ0v) is 20.6. The van der Waals surface area contributed by atoms with E-state index in [1.165, 1.54) is 43.0 Å². The molecule has 1 aromatic carbocycles. The normalized spacial score (nSPS) is 19.1. The topological polar surface area (TPSA) is 80.7 Å². The zero-order valence-electron chi connectivity index (χ0n) is 19.8. The number of fused-ring (bicyclic) bond motifs is 2. The first-order valence-electron chi connectivity index (χ1n) is 11.5. The summed E-state index contributed by atoms with van der Waals surface area (Å²) in [4.78, 5) is 7.78. The summed E-state index contributed by atoms with van der Waals surface area (Å²) in [5.74, 6) is 1.41. The summed E-state index contributed by atoms with van der Waals surface area (Å²) >= 11 is 1.72. The molecule has 1 fully saturated rings. The van der Waals surface area contributed by atoms with Crippen molar-refractivity contribution in [3.8, 4) is 16.2 Å². The third-order valence-corrected chi connectivity index (χ3v) is 8.07. The van der Waals surface area contributed by atoms with Gasteiger partial charge in [0.1, 0.15) is 17.6 Å². The minimum atomic E-state index is 0.498. The average Bonchev–Trinajstić information content (AvgIpc) is 3.39. The van der Waals surface area contributed by atoms with Gasteiger partial charge in [0.25, 0.3) is 0 Å². The molecule has 33 heavy (non-hydrogen) atoms. The summed E-state index contributed by atoms with van der Waals surface area (Å²) in [6.07, 6.45) is 6.42. The van der Waals surface area contributed by atoms with Gasteiger partial charge in [0.2, 0.25) is 0 Å². The van der Waals surface area contributed by atoms with E-state index >= 15 is 0 Å². The van der Waals surface area contributed by atoms with Gasteiger partial charge in [-0.1, -0.05) is 6.07 Å². The monoisotopic (exact) mass is 464 g/mol. The van der Waals surface area contributed by atoms with Crippen LogP contribution in [0.1, 0.15) is 36.9 Å². The number of rotatable bonds is 6. The highest BCUT2D eigenvalue weighted by molar-refractivity contribution is 7.22. The maximum absolute atomic E-state index is 6.35. The number of nitrogens with one attached hydrogen (secondary N) is 1. The lowest BCUT2D eigenvalue weighted by Crippen LogP contribution is -2.39. The minimum absolute atomic E-state index is 0.498. The number of aromatic nitrogens is 3. The standard InChI is InChI=1S/C25H32N6OS/c1-15-9-16-11-22(33-24(16)21(10-15)32-4)20-12-19(31-23(20)25(26)28-14-29-31)13-27-17-5-7-18(8-6-17)30(2)3/h9-12,14,17-18,27H,5-8,13H2,1-4H3,(H2,26,28,29).